The number of rotatable bonds is 4. The third-order valence-corrected chi connectivity index (χ3v) is 9.39. The molecule has 3 N–H and O–H groups in total. The van der Waals surface area contributed by atoms with Crippen LogP contribution in [0.4, 0.5) is 15.8 Å². The van der Waals surface area contributed by atoms with Gasteiger partial charge >= 0.3 is 0 Å². The van der Waals surface area contributed by atoms with Gasteiger partial charge in [0.1, 0.15) is 10.4 Å². The van der Waals surface area contributed by atoms with E-state index in [2.05, 4.69) is 16.1 Å². The quantitative estimate of drug-likeness (QED) is 0.635. The summed E-state index contributed by atoms with van der Waals surface area (Å²) in [6.45, 7) is 4.10. The van der Waals surface area contributed by atoms with Gasteiger partial charge < -0.3 is 10.6 Å². The molecule has 30 heavy (non-hydrogen) atoms. The number of nitrogens with one attached hydrogen (secondary N) is 3. The third kappa shape index (κ3) is 3.78. The largest absolute Gasteiger partial charge is 0.322 e. The number of hydrogen-bond acceptors (Lipinski definition) is 6. The van der Waals surface area contributed by atoms with Crippen LogP contribution in [0.15, 0.2) is 36.4 Å². The molecule has 160 valence electrons. The van der Waals surface area contributed by atoms with Crippen molar-refractivity contribution in [1.29, 1.82) is 0 Å². The number of carbonyl (C=O) groups excluding carboxylic acids is 1. The molecule has 0 radical (unpaired) electrons. The fourth-order valence-corrected chi connectivity index (χ4v) is 7.67. The molecule has 0 aromatic heterocycles. The van der Waals surface area contributed by atoms with Crippen molar-refractivity contribution >= 4 is 50.7 Å². The van der Waals surface area contributed by atoms with E-state index < -0.39 is 26.3 Å². The average Bonchev–Trinajstić information content (AvgIpc) is 3.24. The van der Waals surface area contributed by atoms with Crippen LogP contribution in [0.25, 0.3) is 0 Å². The Labute approximate surface area is 183 Å². The van der Waals surface area contributed by atoms with E-state index in [1.165, 1.54) is 28.3 Å². The fourth-order valence-electron chi connectivity index (χ4n) is 3.60. The van der Waals surface area contributed by atoms with Crippen LogP contribution in [-0.2, 0) is 16.6 Å². The summed E-state index contributed by atoms with van der Waals surface area (Å²) < 4.78 is 41.0. The Morgan fingerprint density at radius 1 is 1.30 bits per heavy atom. The molecular formula is C19H20ClFN4O3S2. The molecule has 3 atom stereocenters. The van der Waals surface area contributed by atoms with Crippen LogP contribution in [0.2, 0.25) is 5.02 Å². The van der Waals surface area contributed by atoms with Crippen LogP contribution >= 0.6 is 23.4 Å². The van der Waals surface area contributed by atoms with Crippen LogP contribution < -0.4 is 20.5 Å². The number of fused-ring (bicyclic) bond motifs is 1. The first-order valence-corrected chi connectivity index (χ1v) is 12.1. The van der Waals surface area contributed by atoms with Gasteiger partial charge in [0, 0.05) is 18.3 Å². The first-order valence-electron chi connectivity index (χ1n) is 9.26. The predicted octanol–water partition coefficient (Wildman–Crippen LogP) is 3.28. The molecule has 1 amide bonds. The highest BCUT2D eigenvalue weighted by Crippen LogP contribution is 2.38. The van der Waals surface area contributed by atoms with Gasteiger partial charge in [0.25, 0.3) is 15.9 Å². The molecule has 2 aliphatic heterocycles. The first kappa shape index (κ1) is 21.4. The fraction of sp³-hybridized carbons (Fsp3) is 0.316. The molecule has 1 saturated heterocycles. The molecule has 11 heteroatoms. The predicted molar refractivity (Wildman–Crippen MR) is 117 cm³/mol. The smallest absolute Gasteiger partial charge is 0.262 e. The van der Waals surface area contributed by atoms with E-state index in [1.54, 1.807) is 18.2 Å². The maximum absolute atomic E-state index is 14.0. The average molecular weight is 471 g/mol. The lowest BCUT2D eigenvalue weighted by molar-refractivity contribution is 0.102. The number of benzene rings is 2. The summed E-state index contributed by atoms with van der Waals surface area (Å²) in [5.74, 6) is -1.45. The normalized spacial score (nSPS) is 23.5. The Bertz CT molecular complexity index is 1090. The Morgan fingerprint density at radius 2 is 2.07 bits per heavy atom. The number of hydrazine groups is 1. The second-order valence-corrected chi connectivity index (χ2v) is 11.2. The van der Waals surface area contributed by atoms with Crippen molar-refractivity contribution in [3.8, 4) is 0 Å². The highest BCUT2D eigenvalue weighted by molar-refractivity contribution is 8.14. The van der Waals surface area contributed by atoms with Crippen molar-refractivity contribution in [2.45, 2.75) is 36.4 Å². The lowest BCUT2D eigenvalue weighted by atomic mass is 10.1. The van der Waals surface area contributed by atoms with E-state index in [0.29, 0.717) is 17.9 Å². The maximum atomic E-state index is 14.0. The van der Waals surface area contributed by atoms with Crippen molar-refractivity contribution in [2.24, 2.45) is 0 Å². The minimum absolute atomic E-state index is 0.00611. The van der Waals surface area contributed by atoms with Crippen LogP contribution in [0.5, 0.6) is 0 Å². The molecule has 3 unspecified atom stereocenters. The van der Waals surface area contributed by atoms with E-state index in [0.717, 1.165) is 11.6 Å². The summed E-state index contributed by atoms with van der Waals surface area (Å²) in [7, 11) is -3.72. The van der Waals surface area contributed by atoms with E-state index >= 15 is 0 Å². The molecule has 4 rings (SSSR count). The number of thioether (sulfide) groups is 1. The summed E-state index contributed by atoms with van der Waals surface area (Å²) in [6, 6.07) is 8.69. The second kappa shape index (κ2) is 8.01. The van der Waals surface area contributed by atoms with Gasteiger partial charge in [-0.05, 0) is 43.7 Å². The standard InChI is InChI=1S/C19H20ClFN4O3S2/c1-10-19(29-11(2)23-10)30(27,28)25-16-8-13(7-6-12(16)9-22-25)24-18(26)17-14(20)4-3-5-15(17)21/h3-8,10-11,19,22-23H,9H2,1-2H3,(H,24,26). The SMILES string of the molecule is CC1NC(C)C(S(=O)(=O)N2NCc3ccc(NC(=O)c4c(F)cccc4Cl)cc32)S1. The van der Waals surface area contributed by atoms with Gasteiger partial charge in [-0.1, -0.05) is 23.7 Å². The van der Waals surface area contributed by atoms with Gasteiger partial charge in [-0.3, -0.25) is 4.79 Å². The van der Waals surface area contributed by atoms with E-state index in [1.807, 2.05) is 13.8 Å². The molecule has 0 aliphatic carbocycles. The molecule has 7 nitrogen and oxygen atoms in total. The highest BCUT2D eigenvalue weighted by Gasteiger charge is 2.44. The molecule has 2 heterocycles. The zero-order valence-electron chi connectivity index (χ0n) is 16.1. The number of sulfonamides is 1. The van der Waals surface area contributed by atoms with E-state index in [-0.39, 0.29) is 22.0 Å². The number of amides is 1. The highest BCUT2D eigenvalue weighted by atomic mass is 35.5. The van der Waals surface area contributed by atoms with Gasteiger partial charge in [-0.2, -0.15) is 0 Å². The van der Waals surface area contributed by atoms with Crippen molar-refractivity contribution < 1.29 is 17.6 Å². The maximum Gasteiger partial charge on any atom is 0.262 e. The second-order valence-electron chi connectivity index (χ2n) is 7.14. The molecule has 1 fully saturated rings. The van der Waals surface area contributed by atoms with Crippen molar-refractivity contribution in [3.63, 3.8) is 0 Å². The zero-order chi connectivity index (χ0) is 21.6. The molecule has 0 bridgehead atoms. The lowest BCUT2D eigenvalue weighted by Crippen LogP contribution is -2.46. The molecule has 0 saturated carbocycles. The summed E-state index contributed by atoms with van der Waals surface area (Å²) in [5, 5.41) is 5.83. The van der Waals surface area contributed by atoms with Crippen molar-refractivity contribution in [2.75, 3.05) is 9.73 Å². The first-order chi connectivity index (χ1) is 14.2. The van der Waals surface area contributed by atoms with Crippen molar-refractivity contribution in [1.82, 2.24) is 10.7 Å². The number of anilines is 2. The minimum atomic E-state index is -3.72. The van der Waals surface area contributed by atoms with Gasteiger partial charge in [0.15, 0.2) is 0 Å². The van der Waals surface area contributed by atoms with Crippen molar-refractivity contribution in [3.05, 3.63) is 58.4 Å². The Morgan fingerprint density at radius 3 is 2.73 bits per heavy atom. The summed E-state index contributed by atoms with van der Waals surface area (Å²) in [6.07, 6.45) is 0. The number of nitrogens with zero attached hydrogens (tertiary/aromatic N) is 1. The summed E-state index contributed by atoms with van der Waals surface area (Å²) in [4.78, 5) is 12.5. The van der Waals surface area contributed by atoms with Crippen LogP contribution in [0, 0.1) is 5.82 Å². The van der Waals surface area contributed by atoms with Crippen LogP contribution in [0.3, 0.4) is 0 Å². The Balaban J connectivity index is 1.62. The monoisotopic (exact) mass is 470 g/mol. The molecular weight excluding hydrogens is 451 g/mol. The van der Waals surface area contributed by atoms with Crippen LogP contribution in [-0.4, -0.2) is 30.3 Å². The number of halogens is 2. The molecule has 2 aliphatic rings. The topological polar surface area (TPSA) is 90.5 Å². The zero-order valence-corrected chi connectivity index (χ0v) is 18.5. The van der Waals surface area contributed by atoms with E-state index in [4.69, 9.17) is 11.6 Å². The summed E-state index contributed by atoms with van der Waals surface area (Å²) >= 11 is 7.31. The van der Waals surface area contributed by atoms with Crippen LogP contribution in [0.1, 0.15) is 29.8 Å². The lowest BCUT2D eigenvalue weighted by Gasteiger charge is -2.25. The Kier molecular flexibility index (Phi) is 5.71. The third-order valence-electron chi connectivity index (χ3n) is 4.96. The van der Waals surface area contributed by atoms with E-state index in [9.17, 15) is 17.6 Å². The number of hydrogen-bond donors (Lipinski definition) is 3. The molecule has 0 spiro atoms. The minimum Gasteiger partial charge on any atom is -0.322 e. The molecule has 2 aromatic carbocycles. The Hall–Kier alpha value is -1.85. The van der Waals surface area contributed by atoms with Gasteiger partial charge in [0.05, 0.1) is 21.6 Å². The van der Waals surface area contributed by atoms with Gasteiger partial charge in [0.2, 0.25) is 0 Å². The summed E-state index contributed by atoms with van der Waals surface area (Å²) in [5.41, 5.74) is 4.19. The van der Waals surface area contributed by atoms with Gasteiger partial charge in [-0.15, -0.1) is 11.8 Å². The van der Waals surface area contributed by atoms with Gasteiger partial charge in [-0.25, -0.2) is 22.6 Å². The number of carbonyl (C=O) groups is 1. The molecule has 2 aromatic rings.